The van der Waals surface area contributed by atoms with Crippen LogP contribution in [0, 0.1) is 0 Å². The second kappa shape index (κ2) is 6.21. The number of benzene rings is 2. The highest BCUT2D eigenvalue weighted by molar-refractivity contribution is 7.93. The lowest BCUT2D eigenvalue weighted by molar-refractivity contribution is 0.102. The minimum Gasteiger partial charge on any atom is -0.506 e. The number of carbonyl (C=O) groups excluding carboxylic acids is 1. The minimum absolute atomic E-state index is 0.104. The molecule has 0 unspecified atom stereocenters. The largest absolute Gasteiger partial charge is 0.506 e. The number of rotatable bonds is 3. The molecule has 2 aromatic rings. The molecule has 2 heterocycles. The van der Waals surface area contributed by atoms with Gasteiger partial charge in [-0.15, -0.1) is 0 Å². The second-order valence-electron chi connectivity index (χ2n) is 6.32. The zero-order valence-electron chi connectivity index (χ0n) is 13.9. The number of phenolic OH excluding ortho intramolecular Hbond substituents is 1. The summed E-state index contributed by atoms with van der Waals surface area (Å²) < 4.78 is 30.9. The summed E-state index contributed by atoms with van der Waals surface area (Å²) in [6, 6.07) is 9.57. The van der Waals surface area contributed by atoms with Crippen molar-refractivity contribution < 1.29 is 23.1 Å². The Bertz CT molecular complexity index is 987. The number of nitrogens with one attached hydrogen (secondary N) is 1. The molecule has 26 heavy (non-hydrogen) atoms. The Balaban J connectivity index is 1.60. The summed E-state index contributed by atoms with van der Waals surface area (Å²) in [5.41, 5.74) is 2.02. The molecule has 8 heteroatoms. The SMILES string of the molecule is O=C(Nc1cc(N2CCCS2(=O)=O)ccc1O)c1ccc2c(c1)CCO2. The fourth-order valence-electron chi connectivity index (χ4n) is 3.23. The van der Waals surface area contributed by atoms with Crippen LogP contribution in [0.5, 0.6) is 11.5 Å². The Morgan fingerprint density at radius 3 is 2.81 bits per heavy atom. The number of phenols is 1. The molecule has 1 saturated heterocycles. The van der Waals surface area contributed by atoms with Gasteiger partial charge < -0.3 is 15.2 Å². The number of anilines is 2. The van der Waals surface area contributed by atoms with E-state index in [2.05, 4.69) is 5.32 Å². The maximum absolute atomic E-state index is 12.5. The van der Waals surface area contributed by atoms with Gasteiger partial charge in [0.25, 0.3) is 5.91 Å². The van der Waals surface area contributed by atoms with E-state index >= 15 is 0 Å². The maximum Gasteiger partial charge on any atom is 0.255 e. The number of hydrogen-bond acceptors (Lipinski definition) is 5. The molecule has 1 fully saturated rings. The quantitative estimate of drug-likeness (QED) is 0.803. The first-order valence-corrected chi connectivity index (χ1v) is 9.95. The van der Waals surface area contributed by atoms with Crippen molar-refractivity contribution in [3.63, 3.8) is 0 Å². The summed E-state index contributed by atoms with van der Waals surface area (Å²) in [6.07, 6.45) is 1.31. The summed E-state index contributed by atoms with van der Waals surface area (Å²) in [5, 5.41) is 12.7. The van der Waals surface area contributed by atoms with Gasteiger partial charge in [0.15, 0.2) is 0 Å². The van der Waals surface area contributed by atoms with E-state index in [4.69, 9.17) is 4.74 Å². The minimum atomic E-state index is -3.33. The van der Waals surface area contributed by atoms with Crippen molar-refractivity contribution in [3.8, 4) is 11.5 Å². The summed E-state index contributed by atoms with van der Waals surface area (Å²) in [7, 11) is -3.33. The second-order valence-corrected chi connectivity index (χ2v) is 8.33. The van der Waals surface area contributed by atoms with Gasteiger partial charge in [0, 0.05) is 18.5 Å². The smallest absolute Gasteiger partial charge is 0.255 e. The van der Waals surface area contributed by atoms with E-state index in [9.17, 15) is 18.3 Å². The van der Waals surface area contributed by atoms with Crippen molar-refractivity contribution in [2.45, 2.75) is 12.8 Å². The highest BCUT2D eigenvalue weighted by Crippen LogP contribution is 2.33. The van der Waals surface area contributed by atoms with E-state index in [0.29, 0.717) is 30.8 Å². The molecule has 2 N–H and O–H groups in total. The van der Waals surface area contributed by atoms with Crippen molar-refractivity contribution in [2.75, 3.05) is 28.5 Å². The fourth-order valence-corrected chi connectivity index (χ4v) is 4.79. The zero-order valence-corrected chi connectivity index (χ0v) is 14.8. The Labute approximate surface area is 151 Å². The molecule has 0 aromatic heterocycles. The Hall–Kier alpha value is -2.74. The summed E-state index contributed by atoms with van der Waals surface area (Å²) in [5.74, 6) is 0.387. The van der Waals surface area contributed by atoms with Crippen LogP contribution in [0.25, 0.3) is 0 Å². The maximum atomic E-state index is 12.5. The standard InChI is InChI=1S/C18H18N2O5S/c21-16-4-3-14(20-7-1-9-26(20,23)24)11-15(16)19-18(22)13-2-5-17-12(10-13)6-8-25-17/h2-5,10-11,21H,1,6-9H2,(H,19,22). The van der Waals surface area contributed by atoms with Crippen LogP contribution in [0.2, 0.25) is 0 Å². The fraction of sp³-hybridized carbons (Fsp3) is 0.278. The zero-order chi connectivity index (χ0) is 18.3. The predicted molar refractivity (Wildman–Crippen MR) is 97.5 cm³/mol. The van der Waals surface area contributed by atoms with E-state index in [1.165, 1.54) is 22.5 Å². The Kier molecular flexibility index (Phi) is 3.99. The number of sulfonamides is 1. The van der Waals surface area contributed by atoms with Crippen LogP contribution in [0.3, 0.4) is 0 Å². The predicted octanol–water partition coefficient (Wildman–Crippen LogP) is 2.12. The van der Waals surface area contributed by atoms with Crippen molar-refractivity contribution in [1.29, 1.82) is 0 Å². The molecule has 7 nitrogen and oxygen atoms in total. The van der Waals surface area contributed by atoms with Crippen molar-refractivity contribution in [1.82, 2.24) is 0 Å². The van der Waals surface area contributed by atoms with Gasteiger partial charge in [-0.3, -0.25) is 9.10 Å². The van der Waals surface area contributed by atoms with Crippen LogP contribution >= 0.6 is 0 Å². The van der Waals surface area contributed by atoms with E-state index in [1.54, 1.807) is 18.2 Å². The van der Waals surface area contributed by atoms with E-state index in [1.807, 2.05) is 0 Å². The van der Waals surface area contributed by atoms with Crippen LogP contribution < -0.4 is 14.4 Å². The van der Waals surface area contributed by atoms with Crippen LogP contribution in [0.1, 0.15) is 22.3 Å². The van der Waals surface area contributed by atoms with Gasteiger partial charge in [0.1, 0.15) is 11.5 Å². The third kappa shape index (κ3) is 2.96. The summed E-state index contributed by atoms with van der Waals surface area (Å²) in [6.45, 7) is 0.999. The highest BCUT2D eigenvalue weighted by Gasteiger charge is 2.29. The van der Waals surface area contributed by atoms with Gasteiger partial charge in [-0.2, -0.15) is 0 Å². The highest BCUT2D eigenvalue weighted by atomic mass is 32.2. The molecule has 0 spiro atoms. The molecule has 136 valence electrons. The topological polar surface area (TPSA) is 95.9 Å². The van der Waals surface area contributed by atoms with E-state index < -0.39 is 10.0 Å². The molecule has 0 aliphatic carbocycles. The number of carbonyl (C=O) groups is 1. The number of amides is 1. The lowest BCUT2D eigenvalue weighted by Crippen LogP contribution is -2.25. The number of hydrogen-bond donors (Lipinski definition) is 2. The molecule has 0 radical (unpaired) electrons. The lowest BCUT2D eigenvalue weighted by atomic mass is 10.1. The molecule has 4 rings (SSSR count). The Morgan fingerprint density at radius 1 is 1.19 bits per heavy atom. The molecule has 0 bridgehead atoms. The number of aromatic hydroxyl groups is 1. The Morgan fingerprint density at radius 2 is 2.04 bits per heavy atom. The van der Waals surface area contributed by atoms with Gasteiger partial charge in [-0.1, -0.05) is 0 Å². The molecule has 2 aliphatic heterocycles. The number of nitrogens with zero attached hydrogens (tertiary/aromatic N) is 1. The van der Waals surface area contributed by atoms with Gasteiger partial charge in [-0.25, -0.2) is 8.42 Å². The first kappa shape index (κ1) is 16.7. The van der Waals surface area contributed by atoms with Crippen LogP contribution in [0.4, 0.5) is 11.4 Å². The molecule has 0 atom stereocenters. The van der Waals surface area contributed by atoms with Gasteiger partial charge in [0.2, 0.25) is 10.0 Å². The first-order valence-electron chi connectivity index (χ1n) is 8.34. The van der Waals surface area contributed by atoms with Crippen molar-refractivity contribution >= 4 is 27.3 Å². The number of ether oxygens (including phenoxy) is 1. The normalized spacial score (nSPS) is 17.6. The third-order valence-corrected chi connectivity index (χ3v) is 6.44. The van der Waals surface area contributed by atoms with Gasteiger partial charge >= 0.3 is 0 Å². The molecule has 2 aromatic carbocycles. The van der Waals surface area contributed by atoms with Gasteiger partial charge in [0.05, 0.1) is 23.7 Å². The van der Waals surface area contributed by atoms with E-state index in [-0.39, 0.29) is 23.1 Å². The number of fused-ring (bicyclic) bond motifs is 1. The summed E-state index contributed by atoms with van der Waals surface area (Å²) >= 11 is 0. The molecule has 2 aliphatic rings. The average molecular weight is 374 g/mol. The monoisotopic (exact) mass is 374 g/mol. The van der Waals surface area contributed by atoms with Gasteiger partial charge in [-0.05, 0) is 48.4 Å². The average Bonchev–Trinajstić information content (AvgIpc) is 3.21. The molecule has 1 amide bonds. The lowest BCUT2D eigenvalue weighted by Gasteiger charge is -2.18. The van der Waals surface area contributed by atoms with E-state index in [0.717, 1.165) is 17.7 Å². The van der Waals surface area contributed by atoms with Crippen LogP contribution in [0.15, 0.2) is 36.4 Å². The van der Waals surface area contributed by atoms with Crippen molar-refractivity contribution in [2.24, 2.45) is 0 Å². The molecular formula is C18H18N2O5S. The van der Waals surface area contributed by atoms with Crippen molar-refractivity contribution in [3.05, 3.63) is 47.5 Å². The van der Waals surface area contributed by atoms with Crippen LogP contribution in [-0.2, 0) is 16.4 Å². The summed E-state index contributed by atoms with van der Waals surface area (Å²) in [4.78, 5) is 12.5. The van der Waals surface area contributed by atoms with Crippen LogP contribution in [-0.4, -0.2) is 38.3 Å². The molecular weight excluding hydrogens is 356 g/mol. The molecule has 0 saturated carbocycles. The first-order chi connectivity index (χ1) is 12.4. The third-order valence-electron chi connectivity index (χ3n) is 4.57.